The lowest BCUT2D eigenvalue weighted by molar-refractivity contribution is -0.136. The van der Waals surface area contributed by atoms with Crippen LogP contribution in [0.15, 0.2) is 30.5 Å². The smallest absolute Gasteiger partial charge is 0.344 e. The average Bonchev–Trinajstić information content (AvgIpc) is 2.64. The molecule has 2 atom stereocenters. The first-order valence-electron chi connectivity index (χ1n) is 9.33. The van der Waals surface area contributed by atoms with Crippen molar-refractivity contribution >= 4 is 26.8 Å². The van der Waals surface area contributed by atoms with E-state index < -0.39 is 39.8 Å². The van der Waals surface area contributed by atoms with Crippen LogP contribution in [-0.2, 0) is 26.5 Å². The molecule has 11 heteroatoms. The molecule has 0 radical (unpaired) electrons. The Labute approximate surface area is 172 Å². The molecule has 1 aromatic heterocycles. The number of halogens is 3. The van der Waals surface area contributed by atoms with Gasteiger partial charge in [-0.1, -0.05) is 19.1 Å². The second kappa shape index (κ2) is 8.12. The summed E-state index contributed by atoms with van der Waals surface area (Å²) in [5.74, 6) is -0.454. The van der Waals surface area contributed by atoms with Gasteiger partial charge in [-0.3, -0.25) is 9.78 Å². The first-order chi connectivity index (χ1) is 13.9. The summed E-state index contributed by atoms with van der Waals surface area (Å²) in [6, 6.07) is 5.45. The zero-order valence-electron chi connectivity index (χ0n) is 16.5. The Morgan fingerprint density at radius 2 is 2.07 bits per heavy atom. The van der Waals surface area contributed by atoms with Crippen LogP contribution in [0, 0.1) is 5.92 Å². The van der Waals surface area contributed by atoms with E-state index in [-0.39, 0.29) is 18.0 Å². The number of piperidine rings is 1. The quantitative estimate of drug-likeness (QED) is 0.653. The predicted molar refractivity (Wildman–Crippen MR) is 106 cm³/mol. The van der Waals surface area contributed by atoms with Crippen LogP contribution in [0.25, 0.3) is 10.9 Å². The number of rotatable bonds is 5. The highest BCUT2D eigenvalue weighted by molar-refractivity contribution is 7.88. The molecule has 0 unspecified atom stereocenters. The summed E-state index contributed by atoms with van der Waals surface area (Å²) in [6.07, 6.45) is -1.86. The number of pyridine rings is 1. The molecule has 3 N–H and O–H groups in total. The van der Waals surface area contributed by atoms with Crippen LogP contribution in [0.4, 0.5) is 13.2 Å². The van der Waals surface area contributed by atoms with Gasteiger partial charge in [0.25, 0.3) is 0 Å². The zero-order valence-corrected chi connectivity index (χ0v) is 17.3. The Morgan fingerprint density at radius 1 is 1.33 bits per heavy atom. The zero-order chi connectivity index (χ0) is 22.2. The number of alkyl halides is 3. The Hall–Kier alpha value is -2.24. The second-order valence-corrected chi connectivity index (χ2v) is 9.55. The Bertz CT molecular complexity index is 1060. The third kappa shape index (κ3) is 4.90. The number of hydrogen-bond donors (Lipinski definition) is 3. The molecule has 164 valence electrons. The molecule has 1 aliphatic rings. The molecule has 0 bridgehead atoms. The molecule has 1 aliphatic heterocycles. The minimum absolute atomic E-state index is 0.121. The summed E-state index contributed by atoms with van der Waals surface area (Å²) in [6.45, 7) is 2.48. The van der Waals surface area contributed by atoms with E-state index in [2.05, 4.69) is 20.3 Å². The SMILES string of the molecule is C[C@@H]1CNC[C@](NC(=O)CNS(C)(=O)=O)(c2ccc(C(F)(F)F)c3ncccc23)C1. The van der Waals surface area contributed by atoms with Crippen molar-refractivity contribution in [3.63, 3.8) is 0 Å². The molecule has 0 aliphatic carbocycles. The van der Waals surface area contributed by atoms with Gasteiger partial charge >= 0.3 is 6.18 Å². The van der Waals surface area contributed by atoms with Gasteiger partial charge in [0.15, 0.2) is 0 Å². The van der Waals surface area contributed by atoms with Gasteiger partial charge in [0, 0.05) is 18.1 Å². The summed E-state index contributed by atoms with van der Waals surface area (Å²) in [5.41, 5.74) is -1.55. The molecule has 7 nitrogen and oxygen atoms in total. The Balaban J connectivity index is 2.09. The highest BCUT2D eigenvalue weighted by Crippen LogP contribution is 2.40. The molecule has 2 aromatic rings. The molecule has 1 amide bonds. The molecule has 1 aromatic carbocycles. The minimum Gasteiger partial charge on any atom is -0.344 e. The van der Waals surface area contributed by atoms with Crippen LogP contribution >= 0.6 is 0 Å². The number of amides is 1. The van der Waals surface area contributed by atoms with Gasteiger partial charge in [0.1, 0.15) is 0 Å². The summed E-state index contributed by atoms with van der Waals surface area (Å²) >= 11 is 0. The van der Waals surface area contributed by atoms with Gasteiger partial charge in [0.2, 0.25) is 15.9 Å². The summed E-state index contributed by atoms with van der Waals surface area (Å²) in [4.78, 5) is 16.5. The molecule has 1 saturated heterocycles. The third-order valence-electron chi connectivity index (χ3n) is 5.08. The normalized spacial score (nSPS) is 22.8. The summed E-state index contributed by atoms with van der Waals surface area (Å²) in [5, 5.41) is 6.37. The highest BCUT2D eigenvalue weighted by atomic mass is 32.2. The maximum atomic E-state index is 13.5. The van der Waals surface area contributed by atoms with E-state index in [9.17, 15) is 26.4 Å². The molecule has 3 rings (SSSR count). The van der Waals surface area contributed by atoms with Crippen molar-refractivity contribution in [3.8, 4) is 0 Å². The van der Waals surface area contributed by atoms with Crippen LogP contribution in [0.3, 0.4) is 0 Å². The lowest BCUT2D eigenvalue weighted by Crippen LogP contribution is -2.58. The van der Waals surface area contributed by atoms with Crippen molar-refractivity contribution in [3.05, 3.63) is 41.6 Å². The predicted octanol–water partition coefficient (Wildman–Crippen LogP) is 1.74. The Kier molecular flexibility index (Phi) is 6.08. The van der Waals surface area contributed by atoms with Crippen molar-refractivity contribution in [2.75, 3.05) is 25.9 Å². The molecular weight excluding hydrogens is 421 g/mol. The van der Waals surface area contributed by atoms with Gasteiger partial charge < -0.3 is 10.6 Å². The van der Waals surface area contributed by atoms with Crippen molar-refractivity contribution in [1.82, 2.24) is 20.3 Å². The molecule has 1 fully saturated rings. The van der Waals surface area contributed by atoms with Gasteiger partial charge in [-0.15, -0.1) is 0 Å². The molecule has 30 heavy (non-hydrogen) atoms. The molecular formula is C19H23F3N4O3S. The van der Waals surface area contributed by atoms with Crippen LogP contribution in [0.5, 0.6) is 0 Å². The molecule has 0 spiro atoms. The first-order valence-corrected chi connectivity index (χ1v) is 11.2. The van der Waals surface area contributed by atoms with E-state index in [1.54, 1.807) is 12.1 Å². The minimum atomic E-state index is -4.57. The largest absolute Gasteiger partial charge is 0.418 e. The van der Waals surface area contributed by atoms with Crippen LogP contribution < -0.4 is 15.4 Å². The van der Waals surface area contributed by atoms with Crippen molar-refractivity contribution in [2.24, 2.45) is 5.92 Å². The van der Waals surface area contributed by atoms with E-state index in [1.165, 1.54) is 12.3 Å². The number of sulfonamides is 1. The lowest BCUT2D eigenvalue weighted by Gasteiger charge is -2.42. The van der Waals surface area contributed by atoms with Gasteiger partial charge in [-0.25, -0.2) is 13.1 Å². The number of nitrogens with zero attached hydrogens (tertiary/aromatic N) is 1. The van der Waals surface area contributed by atoms with Crippen LogP contribution in [0.1, 0.15) is 24.5 Å². The fourth-order valence-corrected chi connectivity index (χ4v) is 4.36. The summed E-state index contributed by atoms with van der Waals surface area (Å²) in [7, 11) is -3.57. The monoisotopic (exact) mass is 444 g/mol. The number of fused-ring (bicyclic) bond motifs is 1. The van der Waals surface area contributed by atoms with E-state index >= 15 is 0 Å². The van der Waals surface area contributed by atoms with Gasteiger partial charge in [-0.05, 0) is 36.6 Å². The van der Waals surface area contributed by atoms with Crippen molar-refractivity contribution < 1.29 is 26.4 Å². The van der Waals surface area contributed by atoms with Gasteiger partial charge in [0.05, 0.1) is 29.4 Å². The number of benzene rings is 1. The van der Waals surface area contributed by atoms with Crippen LogP contribution in [-0.4, -0.2) is 45.2 Å². The van der Waals surface area contributed by atoms with Crippen molar-refractivity contribution in [1.29, 1.82) is 0 Å². The maximum Gasteiger partial charge on any atom is 0.418 e. The third-order valence-corrected chi connectivity index (χ3v) is 5.75. The fourth-order valence-electron chi connectivity index (χ4n) is 3.97. The van der Waals surface area contributed by atoms with Gasteiger partial charge in [-0.2, -0.15) is 13.2 Å². The summed E-state index contributed by atoms with van der Waals surface area (Å²) < 4.78 is 65.2. The maximum absolute atomic E-state index is 13.5. The number of carbonyl (C=O) groups excluding carboxylic acids is 1. The van der Waals surface area contributed by atoms with E-state index in [0.29, 0.717) is 23.9 Å². The topological polar surface area (TPSA) is 100 Å². The highest BCUT2D eigenvalue weighted by Gasteiger charge is 2.41. The van der Waals surface area contributed by atoms with E-state index in [1.807, 2.05) is 6.92 Å². The van der Waals surface area contributed by atoms with Crippen molar-refractivity contribution in [2.45, 2.75) is 25.1 Å². The number of nitrogens with one attached hydrogen (secondary N) is 3. The molecule has 0 saturated carbocycles. The van der Waals surface area contributed by atoms with E-state index in [0.717, 1.165) is 12.3 Å². The number of aromatic nitrogens is 1. The number of hydrogen-bond acceptors (Lipinski definition) is 5. The standard InChI is InChI=1S/C19H23F3N4O3S/c1-12-8-18(11-23-9-12,26-16(27)10-25-30(2,28)29)14-5-6-15(19(20,21)22)17-13(14)4-3-7-24-17/h3-7,12,23,25H,8-11H2,1-2H3,(H,26,27)/t12-,18-/m0/s1. The Morgan fingerprint density at radius 3 is 2.70 bits per heavy atom. The second-order valence-electron chi connectivity index (χ2n) is 7.72. The van der Waals surface area contributed by atoms with Crippen LogP contribution in [0.2, 0.25) is 0 Å². The lowest BCUT2D eigenvalue weighted by atomic mass is 9.77. The first kappa shape index (κ1) is 22.4. The average molecular weight is 444 g/mol. The van der Waals surface area contributed by atoms with E-state index in [4.69, 9.17) is 0 Å². The number of carbonyl (C=O) groups is 1. The molecule has 2 heterocycles. The fraction of sp³-hybridized carbons (Fsp3) is 0.474.